The Kier molecular flexibility index (Phi) is 4.78. The third-order valence-corrected chi connectivity index (χ3v) is 3.98. The number of benzene rings is 1. The molecular formula is C15H16ClN3O4. The fraction of sp³-hybridized carbons (Fsp3) is 0.400. The summed E-state index contributed by atoms with van der Waals surface area (Å²) in [6, 6.07) is 6.92. The molecule has 1 aliphatic heterocycles. The molecule has 1 saturated heterocycles. The molecule has 23 heavy (non-hydrogen) atoms. The van der Waals surface area contributed by atoms with Crippen molar-refractivity contribution >= 4 is 17.5 Å². The number of rotatable bonds is 5. The molecule has 122 valence electrons. The lowest BCUT2D eigenvalue weighted by Crippen LogP contribution is -2.36. The van der Waals surface area contributed by atoms with Gasteiger partial charge in [-0.25, -0.2) is 9.36 Å². The summed E-state index contributed by atoms with van der Waals surface area (Å²) >= 11 is 6.11. The Hall–Kier alpha value is -2.12. The first-order valence-corrected chi connectivity index (χ1v) is 7.72. The van der Waals surface area contributed by atoms with Gasteiger partial charge in [0, 0.05) is 18.7 Å². The molecular weight excluding hydrogens is 322 g/mol. The molecule has 0 aliphatic carbocycles. The van der Waals surface area contributed by atoms with Crippen LogP contribution in [-0.4, -0.2) is 34.9 Å². The van der Waals surface area contributed by atoms with Crippen LogP contribution < -0.4 is 11.1 Å². The van der Waals surface area contributed by atoms with Crippen LogP contribution in [0.1, 0.15) is 12.8 Å². The second kappa shape index (κ2) is 6.97. The van der Waals surface area contributed by atoms with Crippen LogP contribution in [0.25, 0.3) is 11.4 Å². The molecule has 0 bridgehead atoms. The maximum Gasteiger partial charge on any atom is 0.442 e. The Balaban J connectivity index is 1.73. The van der Waals surface area contributed by atoms with Crippen LogP contribution in [-0.2, 0) is 16.1 Å². The molecule has 0 radical (unpaired) electrons. The van der Waals surface area contributed by atoms with Crippen molar-refractivity contribution in [3.63, 3.8) is 0 Å². The lowest BCUT2D eigenvalue weighted by molar-refractivity contribution is -0.122. The summed E-state index contributed by atoms with van der Waals surface area (Å²) in [6.45, 7) is 0.970. The summed E-state index contributed by atoms with van der Waals surface area (Å²) in [4.78, 5) is 23.9. The number of hydrogen-bond acceptors (Lipinski definition) is 5. The predicted octanol–water partition coefficient (Wildman–Crippen LogP) is 1.45. The van der Waals surface area contributed by atoms with Gasteiger partial charge < -0.3 is 10.1 Å². The molecule has 1 atom stereocenters. The molecule has 2 aromatic rings. The third-order valence-electron chi connectivity index (χ3n) is 3.65. The standard InChI is InChI=1S/C15H16ClN3O4/c16-12-6-2-1-5-11(12)14-18-23-15(21)19(14)9-13(20)17-8-10-4-3-7-22-10/h1-2,5-6,10H,3-4,7-9H2,(H,17,20). The van der Waals surface area contributed by atoms with Crippen LogP contribution in [0.5, 0.6) is 0 Å². The Bertz CT molecular complexity index is 749. The van der Waals surface area contributed by atoms with Gasteiger partial charge in [0.15, 0.2) is 5.82 Å². The lowest BCUT2D eigenvalue weighted by atomic mass is 10.2. The largest absolute Gasteiger partial charge is 0.442 e. The van der Waals surface area contributed by atoms with Gasteiger partial charge in [-0.3, -0.25) is 9.32 Å². The highest BCUT2D eigenvalue weighted by molar-refractivity contribution is 6.33. The zero-order valence-electron chi connectivity index (χ0n) is 12.3. The zero-order valence-corrected chi connectivity index (χ0v) is 13.1. The minimum Gasteiger partial charge on any atom is -0.376 e. The quantitative estimate of drug-likeness (QED) is 0.892. The van der Waals surface area contributed by atoms with Gasteiger partial charge in [-0.1, -0.05) is 28.9 Å². The molecule has 1 unspecified atom stereocenters. The molecule has 0 saturated carbocycles. The molecule has 1 amide bonds. The van der Waals surface area contributed by atoms with Crippen molar-refractivity contribution in [3.8, 4) is 11.4 Å². The topological polar surface area (TPSA) is 86.4 Å². The Morgan fingerprint density at radius 3 is 3.00 bits per heavy atom. The Morgan fingerprint density at radius 2 is 2.26 bits per heavy atom. The summed E-state index contributed by atoms with van der Waals surface area (Å²) in [7, 11) is 0. The SMILES string of the molecule is O=C(Cn1c(-c2ccccc2Cl)noc1=O)NCC1CCCO1. The number of hydrogen-bond donors (Lipinski definition) is 1. The predicted molar refractivity (Wildman–Crippen MR) is 83.2 cm³/mol. The molecule has 1 N–H and O–H groups in total. The van der Waals surface area contributed by atoms with E-state index >= 15 is 0 Å². The fourth-order valence-electron chi connectivity index (χ4n) is 2.48. The first kappa shape index (κ1) is 15.8. The number of ether oxygens (including phenoxy) is 1. The minimum atomic E-state index is -0.702. The van der Waals surface area contributed by atoms with Crippen molar-refractivity contribution in [2.45, 2.75) is 25.5 Å². The zero-order chi connectivity index (χ0) is 16.2. The first-order valence-electron chi connectivity index (χ1n) is 7.35. The average molecular weight is 338 g/mol. The van der Waals surface area contributed by atoms with Gasteiger partial charge in [-0.05, 0) is 25.0 Å². The summed E-state index contributed by atoms with van der Waals surface area (Å²) in [5.41, 5.74) is 0.534. The molecule has 0 spiro atoms. The van der Waals surface area contributed by atoms with E-state index in [9.17, 15) is 9.59 Å². The molecule has 1 fully saturated rings. The molecule has 2 heterocycles. The molecule has 1 aliphatic rings. The fourth-order valence-corrected chi connectivity index (χ4v) is 2.70. The van der Waals surface area contributed by atoms with Crippen LogP contribution in [0.15, 0.2) is 33.6 Å². The number of carbonyl (C=O) groups is 1. The van der Waals surface area contributed by atoms with Gasteiger partial charge >= 0.3 is 5.76 Å². The molecule has 8 heteroatoms. The highest BCUT2D eigenvalue weighted by Crippen LogP contribution is 2.25. The average Bonchev–Trinajstić information content (AvgIpc) is 3.17. The number of aromatic nitrogens is 2. The van der Waals surface area contributed by atoms with Crippen molar-refractivity contribution in [2.24, 2.45) is 0 Å². The third kappa shape index (κ3) is 3.62. The van der Waals surface area contributed by atoms with E-state index in [2.05, 4.69) is 15.0 Å². The van der Waals surface area contributed by atoms with Crippen LogP contribution >= 0.6 is 11.6 Å². The van der Waals surface area contributed by atoms with Crippen LogP contribution in [0, 0.1) is 0 Å². The number of nitrogens with zero attached hydrogens (tertiary/aromatic N) is 2. The van der Waals surface area contributed by atoms with Gasteiger partial charge in [0.2, 0.25) is 5.91 Å². The van der Waals surface area contributed by atoms with Crippen molar-refractivity contribution < 1.29 is 14.1 Å². The second-order valence-electron chi connectivity index (χ2n) is 5.28. The van der Waals surface area contributed by atoms with Crippen LogP contribution in [0.3, 0.4) is 0 Å². The highest BCUT2D eigenvalue weighted by atomic mass is 35.5. The minimum absolute atomic E-state index is 0.0428. The van der Waals surface area contributed by atoms with Gasteiger partial charge in [0.1, 0.15) is 6.54 Å². The van der Waals surface area contributed by atoms with E-state index in [-0.39, 0.29) is 24.4 Å². The van der Waals surface area contributed by atoms with E-state index in [0.717, 1.165) is 24.0 Å². The first-order chi connectivity index (χ1) is 11.1. The normalized spacial score (nSPS) is 17.3. The second-order valence-corrected chi connectivity index (χ2v) is 5.68. The van der Waals surface area contributed by atoms with Gasteiger partial charge in [-0.2, -0.15) is 0 Å². The van der Waals surface area contributed by atoms with E-state index in [4.69, 9.17) is 16.3 Å². The molecule has 7 nitrogen and oxygen atoms in total. The van der Waals surface area contributed by atoms with E-state index in [1.54, 1.807) is 24.3 Å². The van der Waals surface area contributed by atoms with Gasteiger partial charge in [0.25, 0.3) is 0 Å². The van der Waals surface area contributed by atoms with Crippen molar-refractivity contribution in [2.75, 3.05) is 13.2 Å². The van der Waals surface area contributed by atoms with E-state index in [0.29, 0.717) is 17.1 Å². The molecule has 1 aromatic carbocycles. The lowest BCUT2D eigenvalue weighted by Gasteiger charge is -2.11. The van der Waals surface area contributed by atoms with E-state index in [1.165, 1.54) is 0 Å². The molecule has 1 aromatic heterocycles. The Labute approximate surface area is 137 Å². The molecule has 3 rings (SSSR count). The van der Waals surface area contributed by atoms with Gasteiger partial charge in [-0.15, -0.1) is 0 Å². The van der Waals surface area contributed by atoms with Crippen molar-refractivity contribution in [1.29, 1.82) is 0 Å². The van der Waals surface area contributed by atoms with Crippen molar-refractivity contribution in [1.82, 2.24) is 15.0 Å². The number of amides is 1. The van der Waals surface area contributed by atoms with E-state index < -0.39 is 5.76 Å². The monoisotopic (exact) mass is 337 g/mol. The van der Waals surface area contributed by atoms with Gasteiger partial charge in [0.05, 0.1) is 11.1 Å². The number of nitrogens with one attached hydrogen (secondary N) is 1. The number of halogens is 1. The summed E-state index contributed by atoms with van der Waals surface area (Å²) < 4.78 is 11.3. The smallest absolute Gasteiger partial charge is 0.376 e. The number of carbonyl (C=O) groups excluding carboxylic acids is 1. The summed E-state index contributed by atoms with van der Waals surface area (Å²) in [5, 5.41) is 6.91. The summed E-state index contributed by atoms with van der Waals surface area (Å²) in [6.07, 6.45) is 1.97. The maximum atomic E-state index is 12.1. The highest BCUT2D eigenvalue weighted by Gasteiger charge is 2.19. The Morgan fingerprint density at radius 1 is 1.43 bits per heavy atom. The van der Waals surface area contributed by atoms with Crippen molar-refractivity contribution in [3.05, 3.63) is 39.8 Å². The van der Waals surface area contributed by atoms with Crippen LogP contribution in [0.2, 0.25) is 5.02 Å². The summed E-state index contributed by atoms with van der Waals surface area (Å²) in [5.74, 6) is -0.779. The maximum absolute atomic E-state index is 12.1. The van der Waals surface area contributed by atoms with E-state index in [1.807, 2.05) is 0 Å². The van der Waals surface area contributed by atoms with Crippen LogP contribution in [0.4, 0.5) is 0 Å².